The van der Waals surface area contributed by atoms with E-state index >= 15 is 0 Å². The van der Waals surface area contributed by atoms with Crippen LogP contribution in [0.1, 0.15) is 31.9 Å². The van der Waals surface area contributed by atoms with Crippen LogP contribution < -0.4 is 10.2 Å². The Balaban J connectivity index is 1.66. The normalized spacial score (nSPS) is 15.2. The summed E-state index contributed by atoms with van der Waals surface area (Å²) in [7, 11) is 2.17. The van der Waals surface area contributed by atoms with Gasteiger partial charge in [0.2, 0.25) is 5.95 Å². The molecule has 1 aromatic carbocycles. The molecule has 162 valence electrons. The summed E-state index contributed by atoms with van der Waals surface area (Å²) in [5.74, 6) is 1.79. The minimum atomic E-state index is 0.517. The van der Waals surface area contributed by atoms with Gasteiger partial charge in [0.25, 0.3) is 0 Å². The molecule has 30 heavy (non-hydrogen) atoms. The van der Waals surface area contributed by atoms with Crippen LogP contribution in [-0.4, -0.2) is 71.5 Å². The molecule has 1 aliphatic heterocycles. The summed E-state index contributed by atoms with van der Waals surface area (Å²) in [5, 5.41) is 3.47. The first-order valence-corrected chi connectivity index (χ1v) is 10.9. The van der Waals surface area contributed by atoms with Crippen molar-refractivity contribution in [3.63, 3.8) is 0 Å². The topological polar surface area (TPSA) is 59.9 Å². The van der Waals surface area contributed by atoms with Crippen molar-refractivity contribution in [3.8, 4) is 0 Å². The molecule has 7 heteroatoms. The van der Waals surface area contributed by atoms with Crippen LogP contribution in [0.5, 0.6) is 0 Å². The zero-order valence-electron chi connectivity index (χ0n) is 18.8. The average Bonchev–Trinajstić information content (AvgIpc) is 2.78. The van der Waals surface area contributed by atoms with Crippen LogP contribution in [0.4, 0.5) is 5.95 Å². The second-order valence-corrected chi connectivity index (χ2v) is 7.97. The van der Waals surface area contributed by atoms with E-state index in [1.165, 1.54) is 11.1 Å². The highest BCUT2D eigenvalue weighted by Gasteiger charge is 2.21. The van der Waals surface area contributed by atoms with E-state index in [4.69, 9.17) is 4.99 Å². The lowest BCUT2D eigenvalue weighted by Crippen LogP contribution is -2.53. The maximum atomic E-state index is 4.98. The molecule has 0 unspecified atom stereocenters. The van der Waals surface area contributed by atoms with Crippen molar-refractivity contribution < 1.29 is 0 Å². The van der Waals surface area contributed by atoms with Crippen LogP contribution >= 0.6 is 0 Å². The number of piperazine rings is 1. The van der Waals surface area contributed by atoms with Gasteiger partial charge in [-0.05, 0) is 45.0 Å². The lowest BCUT2D eigenvalue weighted by molar-refractivity contribution is 0.265. The van der Waals surface area contributed by atoms with Crippen molar-refractivity contribution in [2.75, 3.05) is 44.7 Å². The van der Waals surface area contributed by atoms with E-state index in [2.05, 4.69) is 82.1 Å². The van der Waals surface area contributed by atoms with Crippen LogP contribution in [0.3, 0.4) is 0 Å². The summed E-state index contributed by atoms with van der Waals surface area (Å²) in [4.78, 5) is 20.7. The maximum absolute atomic E-state index is 4.98. The van der Waals surface area contributed by atoms with Gasteiger partial charge in [0.05, 0.1) is 6.54 Å². The van der Waals surface area contributed by atoms with Crippen LogP contribution in [0.2, 0.25) is 0 Å². The molecular weight excluding hydrogens is 374 g/mol. The van der Waals surface area contributed by atoms with Crippen LogP contribution in [0.25, 0.3) is 0 Å². The van der Waals surface area contributed by atoms with Gasteiger partial charge < -0.3 is 15.1 Å². The van der Waals surface area contributed by atoms with E-state index in [0.29, 0.717) is 12.6 Å². The second kappa shape index (κ2) is 10.9. The summed E-state index contributed by atoms with van der Waals surface area (Å²) in [6.45, 7) is 12.7. The molecule has 0 spiro atoms. The number of nitrogens with zero attached hydrogens (tertiary/aromatic N) is 6. The number of hydrogen-bond donors (Lipinski definition) is 1. The first kappa shape index (κ1) is 22.0. The van der Waals surface area contributed by atoms with Crippen molar-refractivity contribution in [2.24, 2.45) is 4.99 Å². The van der Waals surface area contributed by atoms with Gasteiger partial charge in [-0.15, -0.1) is 0 Å². The lowest BCUT2D eigenvalue weighted by Gasteiger charge is -2.36. The number of hydrogen-bond acceptors (Lipinski definition) is 5. The predicted molar refractivity (Wildman–Crippen MR) is 124 cm³/mol. The molecule has 2 aromatic rings. The minimum Gasteiger partial charge on any atom is -0.357 e. The van der Waals surface area contributed by atoms with Crippen molar-refractivity contribution >= 4 is 11.9 Å². The number of nitrogens with one attached hydrogen (secondary N) is 1. The molecule has 0 saturated carbocycles. The predicted octanol–water partition coefficient (Wildman–Crippen LogP) is 2.60. The van der Waals surface area contributed by atoms with Crippen LogP contribution in [0.15, 0.2) is 47.7 Å². The van der Waals surface area contributed by atoms with E-state index in [-0.39, 0.29) is 0 Å². The molecule has 7 nitrogen and oxygen atoms in total. The Hall–Kier alpha value is -2.67. The van der Waals surface area contributed by atoms with Crippen molar-refractivity contribution in [2.45, 2.75) is 39.9 Å². The molecule has 0 bridgehead atoms. The molecule has 0 aliphatic carbocycles. The smallest absolute Gasteiger partial charge is 0.225 e. The Labute approximate surface area is 180 Å². The fourth-order valence-corrected chi connectivity index (χ4v) is 3.48. The average molecular weight is 410 g/mol. The first-order valence-electron chi connectivity index (χ1n) is 10.9. The van der Waals surface area contributed by atoms with E-state index in [0.717, 1.165) is 51.2 Å². The molecule has 0 amide bonds. The lowest BCUT2D eigenvalue weighted by atomic mass is 10.1. The van der Waals surface area contributed by atoms with Gasteiger partial charge in [0.1, 0.15) is 0 Å². The molecule has 0 radical (unpaired) electrons. The maximum Gasteiger partial charge on any atom is 0.225 e. The number of aromatic nitrogens is 2. The van der Waals surface area contributed by atoms with Gasteiger partial charge in [0, 0.05) is 57.7 Å². The van der Waals surface area contributed by atoms with Gasteiger partial charge in [-0.3, -0.25) is 4.90 Å². The third-order valence-electron chi connectivity index (χ3n) is 5.57. The molecule has 1 saturated heterocycles. The van der Waals surface area contributed by atoms with Gasteiger partial charge in [-0.2, -0.15) is 0 Å². The molecule has 0 atom stereocenters. The van der Waals surface area contributed by atoms with E-state index < -0.39 is 0 Å². The molecule has 2 heterocycles. The third kappa shape index (κ3) is 5.92. The van der Waals surface area contributed by atoms with E-state index in [1.807, 2.05) is 6.07 Å². The highest BCUT2D eigenvalue weighted by Crippen LogP contribution is 2.15. The van der Waals surface area contributed by atoms with Gasteiger partial charge in [-0.25, -0.2) is 15.0 Å². The Morgan fingerprint density at radius 2 is 1.73 bits per heavy atom. The van der Waals surface area contributed by atoms with Gasteiger partial charge in [0.15, 0.2) is 5.96 Å². The summed E-state index contributed by atoms with van der Waals surface area (Å²) < 4.78 is 0. The van der Waals surface area contributed by atoms with E-state index in [9.17, 15) is 0 Å². The Bertz CT molecular complexity index is 798. The molecule has 1 aromatic heterocycles. The number of rotatable bonds is 7. The monoisotopic (exact) mass is 409 g/mol. The van der Waals surface area contributed by atoms with Gasteiger partial charge >= 0.3 is 0 Å². The summed E-state index contributed by atoms with van der Waals surface area (Å²) in [6.07, 6.45) is 3.60. The highest BCUT2D eigenvalue weighted by atomic mass is 15.4. The molecule has 1 N–H and O–H groups in total. The Morgan fingerprint density at radius 1 is 1.07 bits per heavy atom. The quantitative estimate of drug-likeness (QED) is 0.560. The second-order valence-electron chi connectivity index (χ2n) is 7.97. The fourth-order valence-electron chi connectivity index (χ4n) is 3.48. The van der Waals surface area contributed by atoms with Crippen molar-refractivity contribution in [1.29, 1.82) is 0 Å². The SMILES string of the molecule is CCNC(=NCc1ccccc1CN(C)C(C)C)N1CCN(c2ncccn2)CC1. The summed E-state index contributed by atoms with van der Waals surface area (Å²) in [6, 6.07) is 11.0. The largest absolute Gasteiger partial charge is 0.357 e. The van der Waals surface area contributed by atoms with Gasteiger partial charge in [-0.1, -0.05) is 24.3 Å². The fraction of sp³-hybridized carbons (Fsp3) is 0.522. The summed E-state index contributed by atoms with van der Waals surface area (Å²) in [5.41, 5.74) is 2.64. The van der Waals surface area contributed by atoms with Crippen molar-refractivity contribution in [3.05, 3.63) is 53.9 Å². The molecule has 3 rings (SSSR count). The Kier molecular flexibility index (Phi) is 8.02. The standard InChI is InChI=1S/C23H35N7/c1-5-24-22(29-13-15-30(16-14-29)23-25-11-8-12-26-23)27-17-20-9-6-7-10-21(20)18-28(4)19(2)3/h6-12,19H,5,13-18H2,1-4H3,(H,24,27). The number of anilines is 1. The number of benzene rings is 1. The van der Waals surface area contributed by atoms with Crippen LogP contribution in [0, 0.1) is 0 Å². The molecule has 1 aliphatic rings. The zero-order chi connectivity index (χ0) is 21.3. The number of guanidine groups is 1. The van der Waals surface area contributed by atoms with E-state index in [1.54, 1.807) is 12.4 Å². The highest BCUT2D eigenvalue weighted by molar-refractivity contribution is 5.80. The minimum absolute atomic E-state index is 0.517. The zero-order valence-corrected chi connectivity index (χ0v) is 18.8. The molecule has 1 fully saturated rings. The van der Waals surface area contributed by atoms with Crippen LogP contribution in [-0.2, 0) is 13.1 Å². The first-order chi connectivity index (χ1) is 14.6. The Morgan fingerprint density at radius 3 is 2.37 bits per heavy atom. The summed E-state index contributed by atoms with van der Waals surface area (Å²) >= 11 is 0. The third-order valence-corrected chi connectivity index (χ3v) is 5.57. The molecular formula is C23H35N7. The number of aliphatic imine (C=N–C) groups is 1. The van der Waals surface area contributed by atoms with Crippen molar-refractivity contribution in [1.82, 2.24) is 25.1 Å².